The quantitative estimate of drug-likeness (QED) is 0.187. The number of piperazine rings is 1. The highest BCUT2D eigenvalue weighted by atomic mass is 19.1. The lowest BCUT2D eigenvalue weighted by Crippen LogP contribution is -2.51. The van der Waals surface area contributed by atoms with Crippen molar-refractivity contribution in [3.63, 3.8) is 0 Å². The van der Waals surface area contributed by atoms with Crippen LogP contribution in [0.4, 0.5) is 10.1 Å². The van der Waals surface area contributed by atoms with Crippen LogP contribution >= 0.6 is 0 Å². The number of amides is 3. The standard InChI is InChI=1S/C48H49FN4O5/c1-28-2-17-44(46(55)50-28)53-47(56)42-15-10-35(27-43(42)48(53)57)51-18-20-52(21-19-51)36-22-32-25-39(26-33(32)23-36)58-38-12-5-30(6-13-38)45-40(29-3-8-34(49)9-4-29)14-7-31-24-37(54)11-16-41(31)45/h3-6,8-13,15-16,24,27,32-33,36,39-40,44-45,54H,1-2,7,14,17-23,25-26H2,(H,50,55)/t32?,33?,36?,39?,40-,44?,45+/m1/s1. The number of nitrogens with zero attached hydrogens (tertiary/aromatic N) is 3. The van der Waals surface area contributed by atoms with E-state index in [4.69, 9.17) is 4.74 Å². The van der Waals surface area contributed by atoms with Crippen molar-refractivity contribution in [2.45, 2.75) is 81.4 Å². The van der Waals surface area contributed by atoms with Crippen LogP contribution in [0.3, 0.4) is 0 Å². The van der Waals surface area contributed by atoms with Crippen LogP contribution in [0, 0.1) is 17.7 Å². The molecule has 4 aromatic rings. The molecule has 5 atom stereocenters. The number of phenols is 1. The fourth-order valence-electron chi connectivity index (χ4n) is 11.2. The number of phenolic OH excluding ortho intramolecular Hbond substituents is 1. The molecule has 0 aromatic heterocycles. The summed E-state index contributed by atoms with van der Waals surface area (Å²) in [5, 5.41) is 12.9. The molecule has 4 aromatic carbocycles. The van der Waals surface area contributed by atoms with Gasteiger partial charge >= 0.3 is 0 Å². The lowest BCUT2D eigenvalue weighted by molar-refractivity contribution is -0.125. The van der Waals surface area contributed by atoms with E-state index < -0.39 is 17.9 Å². The van der Waals surface area contributed by atoms with Gasteiger partial charge in [0.15, 0.2) is 0 Å². The van der Waals surface area contributed by atoms with Crippen molar-refractivity contribution in [1.29, 1.82) is 0 Å². The van der Waals surface area contributed by atoms with Crippen LogP contribution in [-0.4, -0.2) is 77.0 Å². The summed E-state index contributed by atoms with van der Waals surface area (Å²) < 4.78 is 20.5. The van der Waals surface area contributed by atoms with Crippen LogP contribution in [0.25, 0.3) is 0 Å². The molecule has 10 heteroatoms. The number of hydrogen-bond acceptors (Lipinski definition) is 7. The van der Waals surface area contributed by atoms with Gasteiger partial charge in [-0.1, -0.05) is 36.9 Å². The van der Waals surface area contributed by atoms with Gasteiger partial charge in [-0.15, -0.1) is 0 Å². The number of imide groups is 1. The molecule has 2 saturated heterocycles. The Balaban J connectivity index is 0.737. The number of aromatic hydroxyl groups is 1. The zero-order valence-electron chi connectivity index (χ0n) is 32.6. The Morgan fingerprint density at radius 2 is 1.45 bits per heavy atom. The molecule has 4 fully saturated rings. The molecule has 10 rings (SSSR count). The van der Waals surface area contributed by atoms with Gasteiger partial charge in [-0.25, -0.2) is 4.39 Å². The number of aryl methyl sites for hydroxylation is 1. The molecule has 2 N–H and O–H groups in total. The fraction of sp³-hybridized carbons (Fsp3) is 0.396. The van der Waals surface area contributed by atoms with E-state index in [0.29, 0.717) is 47.5 Å². The van der Waals surface area contributed by atoms with Crippen LogP contribution in [0.15, 0.2) is 97.2 Å². The number of anilines is 1. The monoisotopic (exact) mass is 780 g/mol. The average molecular weight is 781 g/mol. The Morgan fingerprint density at radius 3 is 2.17 bits per heavy atom. The van der Waals surface area contributed by atoms with E-state index in [1.807, 2.05) is 36.4 Å². The largest absolute Gasteiger partial charge is 0.508 e. The van der Waals surface area contributed by atoms with Crippen molar-refractivity contribution in [2.75, 3.05) is 31.1 Å². The van der Waals surface area contributed by atoms with Gasteiger partial charge in [0.1, 0.15) is 23.4 Å². The molecular formula is C48H49FN4O5. The number of carbonyl (C=O) groups is 3. The normalized spacial score (nSPS) is 28.3. The van der Waals surface area contributed by atoms with Crippen molar-refractivity contribution in [3.05, 3.63) is 136 Å². The van der Waals surface area contributed by atoms with Crippen LogP contribution in [0.2, 0.25) is 0 Å². The van der Waals surface area contributed by atoms with Crippen molar-refractivity contribution < 1.29 is 28.6 Å². The number of allylic oxidation sites excluding steroid dienone is 1. The van der Waals surface area contributed by atoms with E-state index in [9.17, 15) is 23.9 Å². The molecule has 3 aliphatic carbocycles. The molecule has 3 aliphatic heterocycles. The van der Waals surface area contributed by atoms with E-state index in [2.05, 4.69) is 46.0 Å². The number of halogens is 1. The molecule has 2 saturated carbocycles. The predicted molar refractivity (Wildman–Crippen MR) is 219 cm³/mol. The number of benzene rings is 4. The highest BCUT2D eigenvalue weighted by molar-refractivity contribution is 6.23. The summed E-state index contributed by atoms with van der Waals surface area (Å²) in [4.78, 5) is 45.4. The fourth-order valence-corrected chi connectivity index (χ4v) is 11.2. The van der Waals surface area contributed by atoms with Crippen molar-refractivity contribution >= 4 is 23.4 Å². The summed E-state index contributed by atoms with van der Waals surface area (Å²) in [5.74, 6) is 1.44. The number of ether oxygens (including phenoxy) is 1. The Hall–Kier alpha value is -5.48. The first-order chi connectivity index (χ1) is 28.2. The number of hydrogen-bond donors (Lipinski definition) is 2. The minimum Gasteiger partial charge on any atom is -0.508 e. The van der Waals surface area contributed by atoms with Crippen LogP contribution < -0.4 is 15.0 Å². The Morgan fingerprint density at radius 1 is 0.741 bits per heavy atom. The highest BCUT2D eigenvalue weighted by Crippen LogP contribution is 2.49. The third-order valence-corrected chi connectivity index (χ3v) is 14.1. The maximum Gasteiger partial charge on any atom is 0.262 e. The van der Waals surface area contributed by atoms with Crippen LogP contribution in [0.1, 0.15) is 99.8 Å². The van der Waals surface area contributed by atoms with E-state index in [1.54, 1.807) is 24.3 Å². The molecule has 3 heterocycles. The number of nitrogens with one attached hydrogen (secondary N) is 1. The number of carbonyl (C=O) groups excluding carboxylic acids is 3. The van der Waals surface area contributed by atoms with Crippen LogP contribution in [0.5, 0.6) is 11.5 Å². The molecule has 0 spiro atoms. The zero-order valence-corrected chi connectivity index (χ0v) is 32.6. The van der Waals surface area contributed by atoms with E-state index in [0.717, 1.165) is 73.8 Å². The number of fused-ring (bicyclic) bond motifs is 3. The van der Waals surface area contributed by atoms with Crippen molar-refractivity contribution in [2.24, 2.45) is 11.8 Å². The van der Waals surface area contributed by atoms with Gasteiger partial charge in [-0.3, -0.25) is 24.2 Å². The predicted octanol–water partition coefficient (Wildman–Crippen LogP) is 7.54. The third-order valence-electron chi connectivity index (χ3n) is 14.1. The van der Waals surface area contributed by atoms with E-state index in [1.165, 1.54) is 29.5 Å². The maximum absolute atomic E-state index is 13.9. The zero-order chi connectivity index (χ0) is 39.7. The topological polar surface area (TPSA) is 102 Å². The molecule has 3 amide bonds. The first kappa shape index (κ1) is 36.8. The Kier molecular flexibility index (Phi) is 9.35. The summed E-state index contributed by atoms with van der Waals surface area (Å²) in [7, 11) is 0. The first-order valence-corrected chi connectivity index (χ1v) is 21.0. The van der Waals surface area contributed by atoms with Crippen LogP contribution in [-0.2, 0) is 11.2 Å². The average Bonchev–Trinajstić information content (AvgIpc) is 3.88. The first-order valence-electron chi connectivity index (χ1n) is 21.0. The molecule has 6 aliphatic rings. The third kappa shape index (κ3) is 6.65. The van der Waals surface area contributed by atoms with Gasteiger partial charge in [0.05, 0.1) is 17.2 Å². The summed E-state index contributed by atoms with van der Waals surface area (Å²) in [6.45, 7) is 7.42. The molecule has 3 unspecified atom stereocenters. The second-order valence-corrected chi connectivity index (χ2v) is 17.4. The molecule has 298 valence electrons. The van der Waals surface area contributed by atoms with Gasteiger partial charge in [0.25, 0.3) is 11.8 Å². The lowest BCUT2D eigenvalue weighted by Gasteiger charge is -2.39. The molecule has 9 nitrogen and oxygen atoms in total. The smallest absolute Gasteiger partial charge is 0.262 e. The molecular weight excluding hydrogens is 732 g/mol. The molecule has 0 bridgehead atoms. The number of rotatable bonds is 7. The van der Waals surface area contributed by atoms with Crippen molar-refractivity contribution in [1.82, 2.24) is 15.1 Å². The second kappa shape index (κ2) is 14.7. The molecule has 58 heavy (non-hydrogen) atoms. The lowest BCUT2D eigenvalue weighted by atomic mass is 9.69. The van der Waals surface area contributed by atoms with Gasteiger partial charge in [-0.05, 0) is 146 Å². The number of piperidine rings is 1. The molecule has 0 radical (unpaired) electrons. The summed E-state index contributed by atoms with van der Waals surface area (Å²) >= 11 is 0. The van der Waals surface area contributed by atoms with Gasteiger partial charge in [0, 0.05) is 49.5 Å². The summed E-state index contributed by atoms with van der Waals surface area (Å²) in [6, 6.07) is 26.5. The summed E-state index contributed by atoms with van der Waals surface area (Å²) in [6.07, 6.45) is 7.47. The van der Waals surface area contributed by atoms with E-state index >= 15 is 0 Å². The Bertz CT molecular complexity index is 2270. The van der Waals surface area contributed by atoms with Crippen molar-refractivity contribution in [3.8, 4) is 11.5 Å². The Labute approximate surface area is 338 Å². The van der Waals surface area contributed by atoms with Gasteiger partial charge in [0.2, 0.25) is 5.91 Å². The second-order valence-electron chi connectivity index (χ2n) is 17.4. The maximum atomic E-state index is 13.9. The minimum atomic E-state index is -0.808. The van der Waals surface area contributed by atoms with Gasteiger partial charge in [-0.2, -0.15) is 0 Å². The highest BCUT2D eigenvalue weighted by Gasteiger charge is 2.46. The minimum absolute atomic E-state index is 0.0986. The van der Waals surface area contributed by atoms with E-state index in [-0.39, 0.29) is 35.4 Å². The van der Waals surface area contributed by atoms with Gasteiger partial charge < -0.3 is 20.1 Å². The summed E-state index contributed by atoms with van der Waals surface area (Å²) in [5.41, 5.74) is 7.02. The SMILES string of the molecule is C=C1CCC(N2C(=O)c3ccc(N4CCN(C5CC6CC(Oc7ccc([C@@H]8c9ccc(O)cc9CC[C@@H]8c8ccc(F)cc8)cc7)CC6C5)CC4)cc3C2=O)C(=O)N1.